The van der Waals surface area contributed by atoms with Crippen molar-refractivity contribution in [3.05, 3.63) is 57.8 Å². The van der Waals surface area contributed by atoms with Gasteiger partial charge in [-0.3, -0.25) is 0 Å². The van der Waals surface area contributed by atoms with E-state index >= 15 is 0 Å². The SMILES string of the molecule is CC(Cc1c(F)cccc1F)NCc1cccs1. The number of hydrogen-bond donors (Lipinski definition) is 1. The minimum absolute atomic E-state index is 0.0264. The maximum Gasteiger partial charge on any atom is 0.129 e. The highest BCUT2D eigenvalue weighted by molar-refractivity contribution is 7.09. The van der Waals surface area contributed by atoms with Gasteiger partial charge in [0, 0.05) is 23.0 Å². The van der Waals surface area contributed by atoms with E-state index < -0.39 is 11.6 Å². The predicted octanol–water partition coefficient (Wildman–Crippen LogP) is 3.75. The minimum atomic E-state index is -0.472. The van der Waals surface area contributed by atoms with Crippen molar-refractivity contribution in [2.45, 2.75) is 25.9 Å². The van der Waals surface area contributed by atoms with Crippen LogP contribution in [0.1, 0.15) is 17.4 Å². The number of thiophene rings is 1. The summed E-state index contributed by atoms with van der Waals surface area (Å²) in [5, 5.41) is 5.28. The van der Waals surface area contributed by atoms with Crippen molar-refractivity contribution in [3.63, 3.8) is 0 Å². The summed E-state index contributed by atoms with van der Waals surface area (Å²) in [6.07, 6.45) is 0.351. The molecule has 0 saturated carbocycles. The zero-order valence-electron chi connectivity index (χ0n) is 10.1. The molecule has 1 unspecified atom stereocenters. The molecule has 0 bridgehead atoms. The Balaban J connectivity index is 1.92. The van der Waals surface area contributed by atoms with Gasteiger partial charge >= 0.3 is 0 Å². The van der Waals surface area contributed by atoms with Gasteiger partial charge in [-0.15, -0.1) is 11.3 Å². The Kier molecular flexibility index (Phi) is 4.44. The Bertz CT molecular complexity index is 476. The van der Waals surface area contributed by atoms with Gasteiger partial charge in [0.15, 0.2) is 0 Å². The second kappa shape index (κ2) is 6.07. The van der Waals surface area contributed by atoms with Crippen LogP contribution in [-0.4, -0.2) is 6.04 Å². The van der Waals surface area contributed by atoms with E-state index in [-0.39, 0.29) is 11.6 Å². The quantitative estimate of drug-likeness (QED) is 0.870. The van der Waals surface area contributed by atoms with Gasteiger partial charge in [0.25, 0.3) is 0 Å². The van der Waals surface area contributed by atoms with Crippen molar-refractivity contribution >= 4 is 11.3 Å². The molecule has 0 spiro atoms. The lowest BCUT2D eigenvalue weighted by Crippen LogP contribution is -2.28. The maximum absolute atomic E-state index is 13.5. The van der Waals surface area contributed by atoms with Gasteiger partial charge in [-0.2, -0.15) is 0 Å². The second-order valence-corrected chi connectivity index (χ2v) is 5.30. The molecule has 0 fully saturated rings. The average Bonchev–Trinajstić information content (AvgIpc) is 2.84. The third-order valence-electron chi connectivity index (χ3n) is 2.78. The van der Waals surface area contributed by atoms with Crippen LogP contribution in [0.5, 0.6) is 0 Å². The van der Waals surface area contributed by atoms with Gasteiger partial charge in [-0.1, -0.05) is 12.1 Å². The van der Waals surface area contributed by atoms with Crippen molar-refractivity contribution in [1.82, 2.24) is 5.32 Å². The Morgan fingerprint density at radius 1 is 1.17 bits per heavy atom. The molecule has 0 aliphatic carbocycles. The van der Waals surface area contributed by atoms with E-state index in [0.717, 1.165) is 6.54 Å². The molecule has 1 nitrogen and oxygen atoms in total. The monoisotopic (exact) mass is 267 g/mol. The molecule has 2 rings (SSSR count). The molecule has 0 aliphatic heterocycles. The van der Waals surface area contributed by atoms with E-state index in [4.69, 9.17) is 0 Å². The van der Waals surface area contributed by atoms with Crippen LogP contribution in [0.4, 0.5) is 8.78 Å². The van der Waals surface area contributed by atoms with Gasteiger partial charge < -0.3 is 5.32 Å². The molecular weight excluding hydrogens is 252 g/mol. The second-order valence-electron chi connectivity index (χ2n) is 4.27. The van der Waals surface area contributed by atoms with Crippen LogP contribution in [0.2, 0.25) is 0 Å². The zero-order valence-corrected chi connectivity index (χ0v) is 10.9. The lowest BCUT2D eigenvalue weighted by molar-refractivity contribution is 0.501. The Morgan fingerprint density at radius 2 is 1.89 bits per heavy atom. The summed E-state index contributed by atoms with van der Waals surface area (Å²) in [6.45, 7) is 2.66. The van der Waals surface area contributed by atoms with Crippen molar-refractivity contribution in [1.29, 1.82) is 0 Å². The molecule has 1 N–H and O–H groups in total. The Morgan fingerprint density at radius 3 is 2.50 bits per heavy atom. The van der Waals surface area contributed by atoms with Crippen LogP contribution >= 0.6 is 11.3 Å². The third kappa shape index (κ3) is 3.37. The summed E-state index contributed by atoms with van der Waals surface area (Å²) in [7, 11) is 0. The highest BCUT2D eigenvalue weighted by atomic mass is 32.1. The van der Waals surface area contributed by atoms with E-state index in [1.54, 1.807) is 11.3 Å². The van der Waals surface area contributed by atoms with Gasteiger partial charge in [0.2, 0.25) is 0 Å². The van der Waals surface area contributed by atoms with Crippen LogP contribution in [-0.2, 0) is 13.0 Å². The van der Waals surface area contributed by atoms with E-state index in [0.29, 0.717) is 6.42 Å². The average molecular weight is 267 g/mol. The number of benzene rings is 1. The minimum Gasteiger partial charge on any atom is -0.309 e. The fourth-order valence-corrected chi connectivity index (χ4v) is 2.45. The summed E-state index contributed by atoms with van der Waals surface area (Å²) >= 11 is 1.67. The van der Waals surface area contributed by atoms with Gasteiger partial charge in [-0.05, 0) is 36.9 Å². The molecule has 1 heterocycles. The van der Waals surface area contributed by atoms with Crippen LogP contribution in [0.3, 0.4) is 0 Å². The molecule has 4 heteroatoms. The largest absolute Gasteiger partial charge is 0.309 e. The van der Waals surface area contributed by atoms with Crippen molar-refractivity contribution in [2.75, 3.05) is 0 Å². The summed E-state index contributed by atoms with van der Waals surface area (Å²) in [4.78, 5) is 1.22. The Labute approximate surface area is 109 Å². The number of nitrogens with one attached hydrogen (secondary N) is 1. The molecule has 18 heavy (non-hydrogen) atoms. The third-order valence-corrected chi connectivity index (χ3v) is 3.65. The van der Waals surface area contributed by atoms with Gasteiger partial charge in [0.1, 0.15) is 11.6 Å². The molecule has 2 aromatic rings. The van der Waals surface area contributed by atoms with Gasteiger partial charge in [-0.25, -0.2) is 8.78 Å². The van der Waals surface area contributed by atoms with Crippen LogP contribution in [0.25, 0.3) is 0 Å². The summed E-state index contributed by atoms with van der Waals surface area (Å²) in [5.41, 5.74) is 0.156. The van der Waals surface area contributed by atoms with E-state index in [1.807, 2.05) is 24.4 Å². The van der Waals surface area contributed by atoms with Crippen molar-refractivity contribution in [3.8, 4) is 0 Å². The lowest BCUT2D eigenvalue weighted by Gasteiger charge is -2.14. The Hall–Kier alpha value is -1.26. The molecule has 0 saturated heterocycles. The van der Waals surface area contributed by atoms with Crippen molar-refractivity contribution < 1.29 is 8.78 Å². The fourth-order valence-electron chi connectivity index (χ4n) is 1.79. The van der Waals surface area contributed by atoms with E-state index in [9.17, 15) is 8.78 Å². The van der Waals surface area contributed by atoms with Gasteiger partial charge in [0.05, 0.1) is 0 Å². The number of halogens is 2. The first kappa shape index (κ1) is 13.2. The molecule has 96 valence electrons. The smallest absolute Gasteiger partial charge is 0.129 e. The number of rotatable bonds is 5. The summed E-state index contributed by atoms with van der Waals surface area (Å²) in [5.74, 6) is -0.945. The van der Waals surface area contributed by atoms with Crippen LogP contribution in [0.15, 0.2) is 35.7 Å². The highest BCUT2D eigenvalue weighted by Gasteiger charge is 2.12. The maximum atomic E-state index is 13.5. The first-order chi connectivity index (χ1) is 8.66. The molecule has 0 radical (unpaired) electrons. The van der Waals surface area contributed by atoms with Crippen LogP contribution < -0.4 is 5.32 Å². The molecule has 1 aromatic heterocycles. The first-order valence-electron chi connectivity index (χ1n) is 5.85. The predicted molar refractivity (Wildman–Crippen MR) is 70.7 cm³/mol. The van der Waals surface area contributed by atoms with E-state index in [2.05, 4.69) is 5.32 Å². The molecule has 1 atom stereocenters. The molecular formula is C14H15F2NS. The fraction of sp³-hybridized carbons (Fsp3) is 0.286. The zero-order chi connectivity index (χ0) is 13.0. The normalized spacial score (nSPS) is 12.6. The summed E-state index contributed by atoms with van der Waals surface area (Å²) < 4.78 is 26.9. The molecule has 1 aromatic carbocycles. The van der Waals surface area contributed by atoms with E-state index in [1.165, 1.54) is 23.1 Å². The topological polar surface area (TPSA) is 12.0 Å². The highest BCUT2D eigenvalue weighted by Crippen LogP contribution is 2.15. The summed E-state index contributed by atoms with van der Waals surface area (Å²) in [6, 6.07) is 8.03. The van der Waals surface area contributed by atoms with Crippen LogP contribution in [0, 0.1) is 11.6 Å². The standard InChI is InChI=1S/C14H15F2NS/c1-10(17-9-11-4-3-7-18-11)8-12-13(15)5-2-6-14(12)16/h2-7,10,17H,8-9H2,1H3. The molecule has 0 amide bonds. The number of hydrogen-bond acceptors (Lipinski definition) is 2. The first-order valence-corrected chi connectivity index (χ1v) is 6.73. The van der Waals surface area contributed by atoms with Crippen molar-refractivity contribution in [2.24, 2.45) is 0 Å². The lowest BCUT2D eigenvalue weighted by atomic mass is 10.1. The molecule has 0 aliphatic rings.